The van der Waals surface area contributed by atoms with Gasteiger partial charge in [-0.3, -0.25) is 19.2 Å². The summed E-state index contributed by atoms with van der Waals surface area (Å²) in [5.41, 5.74) is 0. The largest absolute Gasteiger partial charge is 0.481 e. The second-order valence-electron chi connectivity index (χ2n) is 13.3. The molecule has 0 saturated heterocycles. The topological polar surface area (TPSA) is 168 Å². The van der Waals surface area contributed by atoms with Crippen molar-refractivity contribution < 1.29 is 47.8 Å². The summed E-state index contributed by atoms with van der Waals surface area (Å²) >= 11 is 0. The highest BCUT2D eigenvalue weighted by molar-refractivity contribution is 6.90. The summed E-state index contributed by atoms with van der Waals surface area (Å²) in [5, 5.41) is 38.5. The molecule has 10 nitrogen and oxygen atoms in total. The maximum Gasteiger partial charge on any atom is 0.311 e. The monoisotopic (exact) mass is 572 g/mol. The van der Waals surface area contributed by atoms with Gasteiger partial charge in [0.2, 0.25) is 0 Å². The highest BCUT2D eigenvalue weighted by Crippen LogP contribution is 2.72. The van der Waals surface area contributed by atoms with Gasteiger partial charge in [-0.1, -0.05) is 0 Å². The van der Waals surface area contributed by atoms with Crippen LogP contribution in [0.4, 0.5) is 0 Å². The lowest BCUT2D eigenvalue weighted by Crippen LogP contribution is -2.61. The molecule has 4 saturated carbocycles. The minimum absolute atomic E-state index is 0.178. The molecule has 208 valence electrons. The van der Waals surface area contributed by atoms with E-state index in [1.165, 1.54) is 0 Å². The number of hydrogen-bond acceptors (Lipinski definition) is 6. The Labute approximate surface area is 220 Å². The zero-order chi connectivity index (χ0) is 27.9. The highest BCUT2D eigenvalue weighted by Gasteiger charge is 2.72. The molecular formula is C24H40O10Si3. The van der Waals surface area contributed by atoms with Gasteiger partial charge < -0.3 is 28.7 Å². The zero-order valence-corrected chi connectivity index (χ0v) is 25.4. The minimum Gasteiger partial charge on any atom is -0.481 e. The Morgan fingerprint density at radius 2 is 0.946 bits per heavy atom. The van der Waals surface area contributed by atoms with Crippen molar-refractivity contribution in [3.8, 4) is 0 Å². The van der Waals surface area contributed by atoms with E-state index in [0.717, 1.165) is 0 Å². The van der Waals surface area contributed by atoms with E-state index in [4.69, 9.17) is 8.23 Å². The molecule has 0 aromatic carbocycles. The van der Waals surface area contributed by atoms with Crippen LogP contribution in [0.2, 0.25) is 49.4 Å². The van der Waals surface area contributed by atoms with Crippen LogP contribution < -0.4 is 0 Å². The molecule has 4 rings (SSSR count). The van der Waals surface area contributed by atoms with E-state index in [2.05, 4.69) is 0 Å². The predicted octanol–water partition coefficient (Wildman–Crippen LogP) is 4.04. The fourth-order valence-electron chi connectivity index (χ4n) is 9.40. The Kier molecular flexibility index (Phi) is 6.71. The average Bonchev–Trinajstić information content (AvgIpc) is 3.48. The van der Waals surface area contributed by atoms with Crippen LogP contribution in [0.1, 0.15) is 38.5 Å². The number of fused-ring (bicyclic) bond motifs is 4. The van der Waals surface area contributed by atoms with Crippen LogP contribution in [0.3, 0.4) is 0 Å². The molecule has 0 radical (unpaired) electrons. The van der Waals surface area contributed by atoms with Gasteiger partial charge >= 0.3 is 32.4 Å². The number of rotatable bonds is 10. The van der Waals surface area contributed by atoms with Crippen LogP contribution in [0.15, 0.2) is 0 Å². The second-order valence-corrected chi connectivity index (χ2v) is 25.8. The number of carboxylic acid groups (broad SMARTS) is 4. The molecule has 8 atom stereocenters. The minimum atomic E-state index is -2.98. The molecule has 0 heterocycles. The fraction of sp³-hybridized carbons (Fsp3) is 0.833. The first-order valence-corrected chi connectivity index (χ1v) is 21.8. The second kappa shape index (κ2) is 8.73. The molecule has 4 fully saturated rings. The predicted molar refractivity (Wildman–Crippen MR) is 139 cm³/mol. The molecule has 0 aromatic rings. The van der Waals surface area contributed by atoms with Crippen molar-refractivity contribution in [1.29, 1.82) is 0 Å². The summed E-state index contributed by atoms with van der Waals surface area (Å²) in [6.07, 6.45) is 3.64. The number of hydrogen-bond donors (Lipinski definition) is 4. The molecule has 8 unspecified atom stereocenters. The van der Waals surface area contributed by atoms with Crippen LogP contribution in [0.25, 0.3) is 0 Å². The molecule has 0 aromatic heterocycles. The first kappa shape index (κ1) is 28.5. The summed E-state index contributed by atoms with van der Waals surface area (Å²) < 4.78 is 13.8. The van der Waals surface area contributed by atoms with Gasteiger partial charge in [-0.2, -0.15) is 0 Å². The molecule has 4 aliphatic rings. The maximum absolute atomic E-state index is 12.4. The van der Waals surface area contributed by atoms with Crippen LogP contribution in [0.5, 0.6) is 0 Å². The Morgan fingerprint density at radius 1 is 0.622 bits per heavy atom. The number of carboxylic acids is 4. The summed E-state index contributed by atoms with van der Waals surface area (Å²) in [6.45, 7) is 11.7. The molecule has 0 amide bonds. The van der Waals surface area contributed by atoms with Crippen LogP contribution in [-0.4, -0.2) is 69.5 Å². The van der Waals surface area contributed by atoms with E-state index in [0.29, 0.717) is 38.5 Å². The third-order valence-electron chi connectivity index (χ3n) is 10.6. The Hall–Kier alpha value is -1.55. The number of aliphatic carboxylic acids is 4. The lowest BCUT2D eigenvalue weighted by atomic mass is 9.79. The SMILES string of the molecule is C[Si](C)(O[Si](C)(C)C12CCC(C1)C(C(=O)O)C2C(=O)O)O[Si](C)(C)C12CCC(C1)C(C(=O)O)C2C(=O)O. The van der Waals surface area contributed by atoms with Crippen molar-refractivity contribution in [3.05, 3.63) is 0 Å². The van der Waals surface area contributed by atoms with Crippen molar-refractivity contribution in [1.82, 2.24) is 0 Å². The lowest BCUT2D eigenvalue weighted by molar-refractivity contribution is -0.156. The van der Waals surface area contributed by atoms with Crippen molar-refractivity contribution in [3.63, 3.8) is 0 Å². The van der Waals surface area contributed by atoms with E-state index in [-0.39, 0.29) is 11.8 Å². The Bertz CT molecular complexity index is 950. The van der Waals surface area contributed by atoms with E-state index in [1.54, 1.807) is 0 Å². The third-order valence-corrected chi connectivity index (χ3v) is 24.9. The molecule has 4 N–H and O–H groups in total. The van der Waals surface area contributed by atoms with Crippen molar-refractivity contribution in [2.24, 2.45) is 35.5 Å². The van der Waals surface area contributed by atoms with Gasteiger partial charge in [0.1, 0.15) is 0 Å². The number of carbonyl (C=O) groups is 4. The normalized spacial score (nSPS) is 39.2. The lowest BCUT2D eigenvalue weighted by Gasteiger charge is -2.52. The quantitative estimate of drug-likeness (QED) is 0.280. The van der Waals surface area contributed by atoms with Crippen LogP contribution >= 0.6 is 0 Å². The van der Waals surface area contributed by atoms with Gasteiger partial charge in [-0.25, -0.2) is 0 Å². The third kappa shape index (κ3) is 4.07. The summed E-state index contributed by atoms with van der Waals surface area (Å²) in [5.74, 6) is -8.49. The molecule has 37 heavy (non-hydrogen) atoms. The van der Waals surface area contributed by atoms with E-state index < -0.39 is 82.8 Å². The molecule has 13 heteroatoms. The summed E-state index contributed by atoms with van der Waals surface area (Å²) in [4.78, 5) is 48.8. The molecule has 4 bridgehead atoms. The van der Waals surface area contributed by atoms with Gasteiger partial charge in [-0.05, 0) is 89.6 Å². The van der Waals surface area contributed by atoms with E-state index in [9.17, 15) is 39.6 Å². The van der Waals surface area contributed by atoms with Crippen molar-refractivity contribution >= 4 is 49.1 Å². The first-order valence-electron chi connectivity index (χ1n) is 13.1. The van der Waals surface area contributed by atoms with Gasteiger partial charge in [0.25, 0.3) is 0 Å². The molecular weight excluding hydrogens is 533 g/mol. The maximum atomic E-state index is 12.4. The van der Waals surface area contributed by atoms with Gasteiger partial charge in [0.15, 0.2) is 16.6 Å². The highest BCUT2D eigenvalue weighted by atomic mass is 28.5. The summed E-state index contributed by atoms with van der Waals surface area (Å²) in [6, 6.07) is 0. The zero-order valence-electron chi connectivity index (χ0n) is 22.4. The van der Waals surface area contributed by atoms with Crippen molar-refractivity contribution in [2.45, 2.75) is 87.9 Å². The smallest absolute Gasteiger partial charge is 0.311 e. The van der Waals surface area contributed by atoms with E-state index >= 15 is 0 Å². The van der Waals surface area contributed by atoms with Gasteiger partial charge in [-0.15, -0.1) is 0 Å². The molecule has 0 aliphatic heterocycles. The fourth-order valence-corrected chi connectivity index (χ4v) is 26.5. The first-order chi connectivity index (χ1) is 16.8. The molecule has 4 aliphatic carbocycles. The van der Waals surface area contributed by atoms with Crippen LogP contribution in [-0.2, 0) is 27.4 Å². The Balaban J connectivity index is 1.62. The molecule has 0 spiro atoms. The average molecular weight is 573 g/mol. The summed E-state index contributed by atoms with van der Waals surface area (Å²) in [7, 11) is -8.70. The van der Waals surface area contributed by atoms with Gasteiger partial charge in [0, 0.05) is 10.1 Å². The van der Waals surface area contributed by atoms with E-state index in [1.807, 2.05) is 39.3 Å². The van der Waals surface area contributed by atoms with Crippen molar-refractivity contribution in [2.75, 3.05) is 0 Å². The van der Waals surface area contributed by atoms with Crippen LogP contribution in [0, 0.1) is 35.5 Å². The Morgan fingerprint density at radius 3 is 1.22 bits per heavy atom. The van der Waals surface area contributed by atoms with Gasteiger partial charge in [0.05, 0.1) is 23.7 Å². The standard InChI is InChI=1S/C24H40O10Si3/c1-35(2,23-9-7-13(11-23)15(19(25)26)17(23)21(29)30)33-37(5,6)34-36(3,4)24-10-8-14(12-24)16(20(27)28)18(24)22(31)32/h13-18H,7-12H2,1-6H3,(H,25,26)(H,27,28)(H,29,30)(H,31,32).